The Morgan fingerprint density at radius 2 is 1.80 bits per heavy atom. The van der Waals surface area contributed by atoms with E-state index in [1.165, 1.54) is 47.4 Å². The Hall–Kier alpha value is -4.76. The third-order valence-corrected chi connectivity index (χ3v) is 9.39. The molecule has 46 heavy (non-hydrogen) atoms. The van der Waals surface area contributed by atoms with Crippen LogP contribution in [0.3, 0.4) is 0 Å². The minimum absolute atomic E-state index is 0.0131. The van der Waals surface area contributed by atoms with Gasteiger partial charge in [-0.1, -0.05) is 11.8 Å². The first kappa shape index (κ1) is 32.6. The molecule has 2 aromatic carbocycles. The molecule has 1 atom stereocenters. The fourth-order valence-corrected chi connectivity index (χ4v) is 7.11. The summed E-state index contributed by atoms with van der Waals surface area (Å²) in [7, 11) is 0. The molecule has 13 nitrogen and oxygen atoms in total. The van der Waals surface area contributed by atoms with Crippen LogP contribution in [-0.4, -0.2) is 55.9 Å². The number of nitrogens with one attached hydrogen (secondary N) is 2. The van der Waals surface area contributed by atoms with E-state index in [1.54, 1.807) is 30.5 Å². The van der Waals surface area contributed by atoms with Gasteiger partial charge in [-0.25, -0.2) is 4.79 Å². The highest BCUT2D eigenvalue weighted by Gasteiger charge is 2.30. The van der Waals surface area contributed by atoms with Crippen molar-refractivity contribution in [2.45, 2.75) is 57.0 Å². The van der Waals surface area contributed by atoms with Gasteiger partial charge in [0.1, 0.15) is 10.8 Å². The first-order valence-corrected chi connectivity index (χ1v) is 16.4. The summed E-state index contributed by atoms with van der Waals surface area (Å²) < 4.78 is 12.6. The standard InChI is InChI=1S/C31H32N6O7S2/c1-4-43-22-15-13-20(14-16-22)36-25(17-32-28(39)19-9-11-21(12-10-19)37(41)42)34-35-31(36)45-18(3)27(38)33-29-26(30(40)44-5-2)23-7-6-8-24(23)46-29/h9-16,18H,4-8,17H2,1-3H3,(H,32,39)(H,33,38)/t18-/m0/s1. The molecular weight excluding hydrogens is 633 g/mol. The van der Waals surface area contributed by atoms with Crippen LogP contribution in [0.25, 0.3) is 5.69 Å². The number of hydrogen-bond donors (Lipinski definition) is 2. The molecule has 0 saturated carbocycles. The molecule has 0 radical (unpaired) electrons. The number of ether oxygens (including phenoxy) is 2. The number of thiophene rings is 1. The average molecular weight is 665 g/mol. The second-order valence-corrected chi connectivity index (χ2v) is 12.6. The second-order valence-electron chi connectivity index (χ2n) is 10.2. The minimum Gasteiger partial charge on any atom is -0.494 e. The number of nitrogens with zero attached hydrogens (tertiary/aromatic N) is 4. The number of nitro groups is 1. The lowest BCUT2D eigenvalue weighted by molar-refractivity contribution is -0.384. The van der Waals surface area contributed by atoms with Gasteiger partial charge in [-0.05, 0) is 82.0 Å². The third-order valence-electron chi connectivity index (χ3n) is 7.14. The van der Waals surface area contributed by atoms with E-state index in [4.69, 9.17) is 9.47 Å². The van der Waals surface area contributed by atoms with Gasteiger partial charge in [0.05, 0.1) is 35.5 Å². The summed E-state index contributed by atoms with van der Waals surface area (Å²) >= 11 is 2.59. The van der Waals surface area contributed by atoms with Gasteiger partial charge in [-0.3, -0.25) is 24.3 Å². The van der Waals surface area contributed by atoms with Gasteiger partial charge in [0.15, 0.2) is 11.0 Å². The molecule has 0 spiro atoms. The molecule has 1 aliphatic carbocycles. The largest absolute Gasteiger partial charge is 0.494 e. The van der Waals surface area contributed by atoms with E-state index >= 15 is 0 Å². The van der Waals surface area contributed by atoms with E-state index in [-0.39, 0.29) is 30.3 Å². The quantitative estimate of drug-likeness (QED) is 0.0823. The number of thioether (sulfide) groups is 1. The van der Waals surface area contributed by atoms with Crippen LogP contribution in [0.15, 0.2) is 53.7 Å². The van der Waals surface area contributed by atoms with Crippen LogP contribution >= 0.6 is 23.1 Å². The van der Waals surface area contributed by atoms with Gasteiger partial charge in [0.2, 0.25) is 5.91 Å². The summed E-state index contributed by atoms with van der Waals surface area (Å²) in [6.45, 7) is 6.10. The number of non-ortho nitro benzene ring substituents is 1. The first-order chi connectivity index (χ1) is 22.2. The molecular formula is C31H32N6O7S2. The van der Waals surface area contributed by atoms with Crippen molar-refractivity contribution in [1.29, 1.82) is 0 Å². The normalized spacial score (nSPS) is 12.7. The van der Waals surface area contributed by atoms with Crippen LogP contribution in [0, 0.1) is 10.1 Å². The van der Waals surface area contributed by atoms with Crippen LogP contribution < -0.4 is 15.4 Å². The number of aromatic nitrogens is 3. The Morgan fingerprint density at radius 3 is 2.48 bits per heavy atom. The smallest absolute Gasteiger partial charge is 0.341 e. The Kier molecular flexibility index (Phi) is 10.3. The van der Waals surface area contributed by atoms with E-state index in [0.29, 0.717) is 39.6 Å². The first-order valence-electron chi connectivity index (χ1n) is 14.7. The highest BCUT2D eigenvalue weighted by atomic mass is 32.2. The highest BCUT2D eigenvalue weighted by molar-refractivity contribution is 8.00. The number of benzene rings is 2. The third kappa shape index (κ3) is 7.21. The van der Waals surface area contributed by atoms with Crippen molar-refractivity contribution < 1.29 is 28.8 Å². The summed E-state index contributed by atoms with van der Waals surface area (Å²) in [6.07, 6.45) is 2.60. The van der Waals surface area contributed by atoms with E-state index in [0.717, 1.165) is 29.7 Å². The Labute approximate surface area is 272 Å². The topological polar surface area (TPSA) is 168 Å². The monoisotopic (exact) mass is 664 g/mol. The fraction of sp³-hybridized carbons (Fsp3) is 0.323. The molecule has 0 saturated heterocycles. The van der Waals surface area contributed by atoms with Crippen LogP contribution in [0.5, 0.6) is 5.75 Å². The van der Waals surface area contributed by atoms with Gasteiger partial charge in [0.25, 0.3) is 11.6 Å². The number of amides is 2. The predicted molar refractivity (Wildman–Crippen MR) is 173 cm³/mol. The Morgan fingerprint density at radius 1 is 1.07 bits per heavy atom. The van der Waals surface area contributed by atoms with Crippen molar-refractivity contribution in [3.05, 3.63) is 86.0 Å². The molecule has 0 fully saturated rings. The van der Waals surface area contributed by atoms with Gasteiger partial charge < -0.3 is 20.1 Å². The summed E-state index contributed by atoms with van der Waals surface area (Å²) in [5.74, 6) is -0.125. The predicted octanol–water partition coefficient (Wildman–Crippen LogP) is 5.35. The van der Waals surface area contributed by atoms with Crippen molar-refractivity contribution >= 4 is 51.6 Å². The zero-order chi connectivity index (χ0) is 32.8. The lowest BCUT2D eigenvalue weighted by Crippen LogP contribution is -2.25. The van der Waals surface area contributed by atoms with Crippen molar-refractivity contribution in [2.24, 2.45) is 0 Å². The fourth-order valence-electron chi connectivity index (χ4n) is 4.94. The molecule has 2 aromatic heterocycles. The molecule has 0 unspecified atom stereocenters. The number of esters is 1. The van der Waals surface area contributed by atoms with Crippen molar-refractivity contribution in [3.8, 4) is 11.4 Å². The van der Waals surface area contributed by atoms with Crippen molar-refractivity contribution in [1.82, 2.24) is 20.1 Å². The molecule has 15 heteroatoms. The molecule has 1 aliphatic rings. The zero-order valence-corrected chi connectivity index (χ0v) is 27.0. The Balaban J connectivity index is 1.36. The van der Waals surface area contributed by atoms with Crippen molar-refractivity contribution in [3.63, 3.8) is 0 Å². The number of aryl methyl sites for hydroxylation is 1. The molecule has 2 N–H and O–H groups in total. The van der Waals surface area contributed by atoms with Crippen LogP contribution in [0.1, 0.15) is 64.2 Å². The molecule has 2 amide bonds. The minimum atomic E-state index is -0.639. The number of carbonyl (C=O) groups excluding carboxylic acids is 3. The van der Waals surface area contributed by atoms with E-state index in [2.05, 4.69) is 20.8 Å². The summed E-state index contributed by atoms with van der Waals surface area (Å²) in [6, 6.07) is 12.5. The summed E-state index contributed by atoms with van der Waals surface area (Å²) in [5, 5.41) is 25.6. The molecule has 240 valence electrons. The van der Waals surface area contributed by atoms with Gasteiger partial charge in [-0.2, -0.15) is 0 Å². The van der Waals surface area contributed by atoms with Crippen LogP contribution in [0.4, 0.5) is 10.7 Å². The SMILES string of the molecule is CCOC(=O)c1c(NC(=O)[C@H](C)Sc2nnc(CNC(=O)c3ccc([N+](=O)[O-])cc3)n2-c2ccc(OCC)cc2)sc2c1CCC2. The van der Waals surface area contributed by atoms with Crippen molar-refractivity contribution in [2.75, 3.05) is 18.5 Å². The molecule has 5 rings (SSSR count). The van der Waals surface area contributed by atoms with Crippen LogP contribution in [-0.2, 0) is 28.9 Å². The zero-order valence-electron chi connectivity index (χ0n) is 25.4. The lowest BCUT2D eigenvalue weighted by Gasteiger charge is -2.15. The number of carbonyl (C=O) groups is 3. The second kappa shape index (κ2) is 14.6. The van der Waals surface area contributed by atoms with Crippen LogP contribution in [0.2, 0.25) is 0 Å². The maximum atomic E-state index is 13.4. The maximum absolute atomic E-state index is 13.4. The van der Waals surface area contributed by atoms with Gasteiger partial charge >= 0.3 is 5.97 Å². The molecule has 0 aliphatic heterocycles. The summed E-state index contributed by atoms with van der Waals surface area (Å²) in [4.78, 5) is 50.6. The maximum Gasteiger partial charge on any atom is 0.341 e. The van der Waals surface area contributed by atoms with Gasteiger partial charge in [0, 0.05) is 28.3 Å². The number of fused-ring (bicyclic) bond motifs is 1. The number of anilines is 1. The number of nitro benzene ring substituents is 1. The average Bonchev–Trinajstić information content (AvgIpc) is 3.75. The molecule has 4 aromatic rings. The number of rotatable bonds is 13. The van der Waals surface area contributed by atoms with E-state index < -0.39 is 22.0 Å². The van der Waals surface area contributed by atoms with Gasteiger partial charge in [-0.15, -0.1) is 21.5 Å². The highest BCUT2D eigenvalue weighted by Crippen LogP contribution is 2.40. The Bertz CT molecular complexity index is 1750. The lowest BCUT2D eigenvalue weighted by atomic mass is 10.1. The molecule has 0 bridgehead atoms. The number of hydrogen-bond acceptors (Lipinski definition) is 11. The summed E-state index contributed by atoms with van der Waals surface area (Å²) in [5.41, 5.74) is 2.21. The van der Waals surface area contributed by atoms with E-state index in [1.807, 2.05) is 19.1 Å². The molecule has 2 heterocycles. The van der Waals surface area contributed by atoms with E-state index in [9.17, 15) is 24.5 Å².